The number of aromatic nitrogens is 1. The number of aryl methyl sites for hydroxylation is 2. The molecule has 0 unspecified atom stereocenters. The lowest BCUT2D eigenvalue weighted by Gasteiger charge is -2.35. The van der Waals surface area contributed by atoms with Gasteiger partial charge in [-0.15, -0.1) is 0 Å². The monoisotopic (exact) mass is 279 g/mol. The van der Waals surface area contributed by atoms with Crippen LogP contribution in [-0.2, 0) is 0 Å². The van der Waals surface area contributed by atoms with E-state index in [1.54, 1.807) is 6.92 Å². The quantitative estimate of drug-likeness (QED) is 0.918. The van der Waals surface area contributed by atoms with Crippen molar-refractivity contribution in [2.45, 2.75) is 65.0 Å². The van der Waals surface area contributed by atoms with Gasteiger partial charge in [-0.1, -0.05) is 6.92 Å². The van der Waals surface area contributed by atoms with E-state index in [2.05, 4.69) is 11.9 Å². The lowest BCUT2D eigenvalue weighted by atomic mass is 9.90. The first-order valence-corrected chi connectivity index (χ1v) is 7.53. The van der Waals surface area contributed by atoms with E-state index in [-0.39, 0.29) is 11.9 Å². The zero-order chi connectivity index (χ0) is 14.7. The molecule has 1 saturated carbocycles. The highest BCUT2D eigenvalue weighted by Gasteiger charge is 2.30. The first-order chi connectivity index (χ1) is 9.52. The highest BCUT2D eigenvalue weighted by atomic mass is 16.4. The van der Waals surface area contributed by atoms with Gasteiger partial charge in [0.25, 0.3) is 5.91 Å². The summed E-state index contributed by atoms with van der Waals surface area (Å²) in [5.74, 6) is 0.921. The third-order valence-electron chi connectivity index (χ3n) is 4.01. The average molecular weight is 279 g/mol. The molecule has 1 aliphatic carbocycles. The van der Waals surface area contributed by atoms with Crippen molar-refractivity contribution in [1.29, 1.82) is 0 Å². The van der Waals surface area contributed by atoms with Gasteiger partial charge in [-0.25, -0.2) is 4.98 Å². The first kappa shape index (κ1) is 15.0. The zero-order valence-electron chi connectivity index (χ0n) is 12.7. The minimum Gasteiger partial charge on any atom is -0.436 e. The second kappa shape index (κ2) is 6.39. The van der Waals surface area contributed by atoms with Crippen LogP contribution in [-0.4, -0.2) is 34.4 Å². The molecule has 0 saturated heterocycles. The Morgan fingerprint density at radius 2 is 2.00 bits per heavy atom. The van der Waals surface area contributed by atoms with Crippen LogP contribution in [0.15, 0.2) is 4.42 Å². The third-order valence-corrected chi connectivity index (χ3v) is 4.01. The number of carbonyl (C=O) groups is 1. The molecule has 112 valence electrons. The van der Waals surface area contributed by atoms with Gasteiger partial charge in [0.05, 0.1) is 5.69 Å². The van der Waals surface area contributed by atoms with Gasteiger partial charge in [0.1, 0.15) is 0 Å². The Balaban J connectivity index is 2.15. The molecule has 5 nitrogen and oxygen atoms in total. The van der Waals surface area contributed by atoms with Gasteiger partial charge < -0.3 is 15.1 Å². The van der Waals surface area contributed by atoms with E-state index in [1.165, 1.54) is 0 Å². The van der Waals surface area contributed by atoms with Crippen LogP contribution in [0.5, 0.6) is 0 Å². The molecule has 1 fully saturated rings. The summed E-state index contributed by atoms with van der Waals surface area (Å²) in [7, 11) is 0. The van der Waals surface area contributed by atoms with Crippen molar-refractivity contribution in [3.05, 3.63) is 17.3 Å². The molecule has 0 aliphatic heterocycles. The summed E-state index contributed by atoms with van der Waals surface area (Å²) in [6.07, 6.45) is 4.90. The molecule has 0 bridgehead atoms. The van der Waals surface area contributed by atoms with Crippen molar-refractivity contribution >= 4 is 5.91 Å². The second-order valence-corrected chi connectivity index (χ2v) is 5.71. The summed E-state index contributed by atoms with van der Waals surface area (Å²) < 4.78 is 5.49. The molecule has 0 spiro atoms. The molecule has 2 N–H and O–H groups in total. The number of amides is 1. The molecule has 20 heavy (non-hydrogen) atoms. The van der Waals surface area contributed by atoms with E-state index in [4.69, 9.17) is 10.2 Å². The molecular weight excluding hydrogens is 254 g/mol. The molecule has 1 amide bonds. The van der Waals surface area contributed by atoms with Crippen molar-refractivity contribution in [3.8, 4) is 0 Å². The Morgan fingerprint density at radius 1 is 1.35 bits per heavy atom. The van der Waals surface area contributed by atoms with Crippen LogP contribution in [0.4, 0.5) is 0 Å². The molecule has 1 heterocycles. The minimum atomic E-state index is -0.0228. The van der Waals surface area contributed by atoms with E-state index in [1.807, 2.05) is 11.8 Å². The van der Waals surface area contributed by atoms with E-state index < -0.39 is 0 Å². The summed E-state index contributed by atoms with van der Waals surface area (Å²) in [5, 5.41) is 0. The molecule has 1 aromatic heterocycles. The van der Waals surface area contributed by atoms with Gasteiger partial charge in [0, 0.05) is 25.6 Å². The number of nitrogens with zero attached hydrogens (tertiary/aromatic N) is 2. The molecule has 0 aromatic carbocycles. The van der Waals surface area contributed by atoms with Crippen molar-refractivity contribution < 1.29 is 9.21 Å². The van der Waals surface area contributed by atoms with Gasteiger partial charge >= 0.3 is 0 Å². The summed E-state index contributed by atoms with van der Waals surface area (Å²) >= 11 is 0. The average Bonchev–Trinajstić information content (AvgIpc) is 2.75. The van der Waals surface area contributed by atoms with Crippen LogP contribution >= 0.6 is 0 Å². The Bertz CT molecular complexity index is 462. The molecule has 5 heteroatoms. The smallest absolute Gasteiger partial charge is 0.291 e. The Morgan fingerprint density at radius 3 is 2.50 bits per heavy atom. The van der Waals surface area contributed by atoms with Gasteiger partial charge in [-0.3, -0.25) is 4.79 Å². The number of carbonyl (C=O) groups excluding carboxylic acids is 1. The largest absolute Gasteiger partial charge is 0.436 e. The Kier molecular flexibility index (Phi) is 4.81. The standard InChI is InChI=1S/C15H25N3O2/c1-4-9-18(13-7-5-12(16)6-8-13)15(19)14-10(2)17-11(3)20-14/h12-13H,4-9,16H2,1-3H3. The van der Waals surface area contributed by atoms with Crippen LogP contribution in [0.25, 0.3) is 0 Å². The fourth-order valence-corrected chi connectivity index (χ4v) is 2.96. The van der Waals surface area contributed by atoms with Gasteiger partial charge in [-0.2, -0.15) is 0 Å². The Hall–Kier alpha value is -1.36. The van der Waals surface area contributed by atoms with Crippen molar-refractivity contribution in [2.75, 3.05) is 6.54 Å². The molecule has 0 atom stereocenters. The number of oxazole rings is 1. The zero-order valence-corrected chi connectivity index (χ0v) is 12.7. The molecule has 0 radical (unpaired) electrons. The molecule has 1 aliphatic rings. The minimum absolute atomic E-state index is 0.0228. The van der Waals surface area contributed by atoms with Crippen molar-refractivity contribution in [3.63, 3.8) is 0 Å². The molecule has 2 rings (SSSR count). The lowest BCUT2D eigenvalue weighted by molar-refractivity contribution is 0.0592. The van der Waals surface area contributed by atoms with Crippen molar-refractivity contribution in [2.24, 2.45) is 5.73 Å². The summed E-state index contributed by atoms with van der Waals surface area (Å²) in [4.78, 5) is 18.9. The Labute approximate surface area is 120 Å². The van der Waals surface area contributed by atoms with Crippen LogP contribution < -0.4 is 5.73 Å². The summed E-state index contributed by atoms with van der Waals surface area (Å²) in [5.41, 5.74) is 6.64. The van der Waals surface area contributed by atoms with Crippen LogP contribution in [0.1, 0.15) is 61.2 Å². The highest BCUT2D eigenvalue weighted by molar-refractivity contribution is 5.92. The topological polar surface area (TPSA) is 72.4 Å². The van der Waals surface area contributed by atoms with E-state index in [0.717, 1.165) is 38.6 Å². The second-order valence-electron chi connectivity index (χ2n) is 5.71. The predicted octanol–water partition coefficient (Wildman–Crippen LogP) is 2.41. The van der Waals surface area contributed by atoms with Gasteiger partial charge in [0.2, 0.25) is 5.76 Å². The van der Waals surface area contributed by atoms with E-state index >= 15 is 0 Å². The number of rotatable bonds is 4. The van der Waals surface area contributed by atoms with Gasteiger partial charge in [0.15, 0.2) is 5.89 Å². The third kappa shape index (κ3) is 3.20. The van der Waals surface area contributed by atoms with E-state index in [0.29, 0.717) is 23.4 Å². The highest BCUT2D eigenvalue weighted by Crippen LogP contribution is 2.25. The summed E-state index contributed by atoms with van der Waals surface area (Å²) in [6, 6.07) is 0.575. The number of hydrogen-bond acceptors (Lipinski definition) is 4. The maximum atomic E-state index is 12.7. The lowest BCUT2D eigenvalue weighted by Crippen LogP contribution is -2.44. The predicted molar refractivity (Wildman–Crippen MR) is 77.5 cm³/mol. The van der Waals surface area contributed by atoms with Crippen LogP contribution in [0.2, 0.25) is 0 Å². The SMILES string of the molecule is CCCN(C(=O)c1oc(C)nc1C)C1CCC(N)CC1. The van der Waals surface area contributed by atoms with Gasteiger partial charge in [-0.05, 0) is 39.0 Å². The summed E-state index contributed by atoms with van der Waals surface area (Å²) in [6.45, 7) is 6.45. The van der Waals surface area contributed by atoms with Crippen molar-refractivity contribution in [1.82, 2.24) is 9.88 Å². The maximum absolute atomic E-state index is 12.7. The van der Waals surface area contributed by atoms with Crippen LogP contribution in [0, 0.1) is 13.8 Å². The fraction of sp³-hybridized carbons (Fsp3) is 0.733. The number of nitrogens with two attached hydrogens (primary N) is 1. The molecular formula is C15H25N3O2. The number of hydrogen-bond donors (Lipinski definition) is 1. The fourth-order valence-electron chi connectivity index (χ4n) is 2.96. The van der Waals surface area contributed by atoms with E-state index in [9.17, 15) is 4.79 Å². The normalized spacial score (nSPS) is 22.8. The molecule has 1 aromatic rings. The first-order valence-electron chi connectivity index (χ1n) is 7.53. The maximum Gasteiger partial charge on any atom is 0.291 e. The van der Waals surface area contributed by atoms with Crippen LogP contribution in [0.3, 0.4) is 0 Å².